The zero-order valence-electron chi connectivity index (χ0n) is 12.4. The van der Waals surface area contributed by atoms with E-state index in [2.05, 4.69) is 13.8 Å². The number of hydrogen-bond donors (Lipinski definition) is 1. The number of nitrogens with zero attached hydrogens (tertiary/aromatic N) is 1. The summed E-state index contributed by atoms with van der Waals surface area (Å²) in [5, 5.41) is 11.8. The quantitative estimate of drug-likeness (QED) is 0.830. The molecule has 0 aliphatic rings. The van der Waals surface area contributed by atoms with Crippen LogP contribution in [0.5, 0.6) is 0 Å². The Morgan fingerprint density at radius 3 is 2.81 bits per heavy atom. The average molecular weight is 325 g/mol. The van der Waals surface area contributed by atoms with E-state index in [0.29, 0.717) is 6.61 Å². The van der Waals surface area contributed by atoms with Crippen LogP contribution in [0.4, 0.5) is 0 Å². The van der Waals surface area contributed by atoms with E-state index >= 15 is 0 Å². The average Bonchev–Trinajstić information content (AvgIpc) is 3.06. The number of thiophene rings is 1. The van der Waals surface area contributed by atoms with Crippen LogP contribution in [0.2, 0.25) is 0 Å². The molecule has 2 aromatic heterocycles. The molecule has 0 aromatic carbocycles. The summed E-state index contributed by atoms with van der Waals surface area (Å²) in [7, 11) is 0. The zero-order chi connectivity index (χ0) is 15.5. The molecule has 0 radical (unpaired) electrons. The molecule has 4 nitrogen and oxygen atoms in total. The van der Waals surface area contributed by atoms with Crippen LogP contribution in [0.25, 0.3) is 10.6 Å². The van der Waals surface area contributed by atoms with Crippen molar-refractivity contribution in [2.24, 2.45) is 0 Å². The highest BCUT2D eigenvalue weighted by Gasteiger charge is 2.28. The van der Waals surface area contributed by atoms with Gasteiger partial charge in [-0.25, -0.2) is 4.98 Å². The molecule has 21 heavy (non-hydrogen) atoms. The molecule has 0 fully saturated rings. The Balaban J connectivity index is 2.23. The highest BCUT2D eigenvalue weighted by molar-refractivity contribution is 7.16. The van der Waals surface area contributed by atoms with Gasteiger partial charge in [-0.1, -0.05) is 6.92 Å². The van der Waals surface area contributed by atoms with Gasteiger partial charge in [-0.2, -0.15) is 0 Å². The van der Waals surface area contributed by atoms with E-state index in [1.165, 1.54) is 11.3 Å². The van der Waals surface area contributed by atoms with E-state index in [1.54, 1.807) is 11.3 Å². The Bertz CT molecular complexity index is 620. The lowest BCUT2D eigenvalue weighted by Crippen LogP contribution is -2.24. The summed E-state index contributed by atoms with van der Waals surface area (Å²) in [6.07, 6.45) is 0.926. The first-order chi connectivity index (χ1) is 9.98. The van der Waals surface area contributed by atoms with Gasteiger partial charge in [-0.3, -0.25) is 4.79 Å². The first-order valence-electron chi connectivity index (χ1n) is 6.89. The van der Waals surface area contributed by atoms with Crippen molar-refractivity contribution < 1.29 is 14.6 Å². The molecule has 2 heterocycles. The van der Waals surface area contributed by atoms with Crippen molar-refractivity contribution in [1.29, 1.82) is 0 Å². The molecule has 0 spiro atoms. The fraction of sp³-hybridized carbons (Fsp3) is 0.467. The normalized spacial score (nSPS) is 14.0. The van der Waals surface area contributed by atoms with E-state index in [4.69, 9.17) is 14.8 Å². The molecular weight excluding hydrogens is 306 g/mol. The van der Waals surface area contributed by atoms with Gasteiger partial charge < -0.3 is 9.84 Å². The molecule has 1 atom stereocenters. The Hall–Kier alpha value is -1.24. The minimum atomic E-state index is -0.808. The van der Waals surface area contributed by atoms with Gasteiger partial charge in [-0.15, -0.1) is 22.7 Å². The van der Waals surface area contributed by atoms with Crippen molar-refractivity contribution >= 4 is 28.6 Å². The number of carboxylic acids is 1. The Morgan fingerprint density at radius 2 is 2.19 bits per heavy atom. The van der Waals surface area contributed by atoms with Crippen LogP contribution in [0.15, 0.2) is 17.5 Å². The first kappa shape index (κ1) is 16.1. The molecule has 0 aliphatic heterocycles. The minimum absolute atomic E-state index is 0.0628. The van der Waals surface area contributed by atoms with Crippen LogP contribution in [0, 0.1) is 0 Å². The number of carboxylic acid groups (broad SMARTS) is 1. The molecule has 0 bridgehead atoms. The maximum Gasteiger partial charge on any atom is 0.308 e. The van der Waals surface area contributed by atoms with Gasteiger partial charge in [0.25, 0.3) is 0 Å². The van der Waals surface area contributed by atoms with Crippen molar-refractivity contribution in [3.8, 4) is 10.6 Å². The summed E-state index contributed by atoms with van der Waals surface area (Å²) in [5.41, 5.74) is 0.551. The summed E-state index contributed by atoms with van der Waals surface area (Å²) < 4.78 is 5.85. The van der Waals surface area contributed by atoms with Crippen molar-refractivity contribution in [1.82, 2.24) is 4.98 Å². The lowest BCUT2D eigenvalue weighted by Gasteiger charge is -2.25. The molecule has 0 amide bonds. The second-order valence-corrected chi connectivity index (χ2v) is 6.92. The van der Waals surface area contributed by atoms with E-state index in [1.807, 2.05) is 24.4 Å². The van der Waals surface area contributed by atoms with E-state index in [9.17, 15) is 4.79 Å². The third kappa shape index (κ3) is 3.70. The van der Waals surface area contributed by atoms with E-state index < -0.39 is 5.97 Å². The molecule has 0 saturated heterocycles. The van der Waals surface area contributed by atoms with Crippen LogP contribution in [-0.4, -0.2) is 22.7 Å². The monoisotopic (exact) mass is 325 g/mol. The second kappa shape index (κ2) is 6.68. The van der Waals surface area contributed by atoms with Gasteiger partial charge in [0.2, 0.25) is 0 Å². The molecule has 0 aliphatic carbocycles. The van der Waals surface area contributed by atoms with Gasteiger partial charge in [0.1, 0.15) is 10.6 Å². The van der Waals surface area contributed by atoms with Gasteiger partial charge in [-0.05, 0) is 32.4 Å². The third-order valence-corrected chi connectivity index (χ3v) is 5.53. The predicted octanol–water partition coefficient (Wildman–Crippen LogP) is 4.16. The highest BCUT2D eigenvalue weighted by Crippen LogP contribution is 2.36. The van der Waals surface area contributed by atoms with Crippen molar-refractivity contribution in [2.45, 2.75) is 39.2 Å². The number of ether oxygens (including phenoxy) is 1. The number of aliphatic carboxylic acids is 1. The lowest BCUT2D eigenvalue weighted by atomic mass is 10.0. The van der Waals surface area contributed by atoms with E-state index in [0.717, 1.165) is 26.9 Å². The first-order valence-corrected chi connectivity index (χ1v) is 8.59. The summed E-state index contributed by atoms with van der Waals surface area (Å²) in [6, 6.07) is 3.79. The molecule has 6 heteroatoms. The maximum absolute atomic E-state index is 10.7. The van der Waals surface area contributed by atoms with Crippen molar-refractivity contribution in [3.05, 3.63) is 27.4 Å². The van der Waals surface area contributed by atoms with Crippen LogP contribution < -0.4 is 0 Å². The molecule has 2 aromatic rings. The lowest BCUT2D eigenvalue weighted by molar-refractivity contribution is -0.136. The molecule has 114 valence electrons. The number of hydrogen-bond acceptors (Lipinski definition) is 5. The standard InChI is InChI=1S/C15H19NO3S2/c1-4-15(3,19-5-2)14-16-11(9-20-14)12-7-6-10(21-12)8-13(17)18/h6-7,9H,4-5,8H2,1-3H3,(H,17,18). The van der Waals surface area contributed by atoms with Crippen molar-refractivity contribution in [2.75, 3.05) is 6.61 Å². The van der Waals surface area contributed by atoms with Crippen LogP contribution in [0.1, 0.15) is 37.1 Å². The Labute approximate surface area is 132 Å². The molecule has 1 unspecified atom stereocenters. The summed E-state index contributed by atoms with van der Waals surface area (Å²) in [6.45, 7) is 6.79. The minimum Gasteiger partial charge on any atom is -0.481 e. The fourth-order valence-electron chi connectivity index (χ4n) is 2.02. The van der Waals surface area contributed by atoms with Gasteiger partial charge >= 0.3 is 5.97 Å². The number of carbonyl (C=O) groups is 1. The van der Waals surface area contributed by atoms with Crippen LogP contribution >= 0.6 is 22.7 Å². The Morgan fingerprint density at radius 1 is 1.43 bits per heavy atom. The molecule has 1 N–H and O–H groups in total. The number of aromatic nitrogens is 1. The number of thiazole rings is 1. The van der Waals surface area contributed by atoms with Crippen LogP contribution in [-0.2, 0) is 21.6 Å². The summed E-state index contributed by atoms with van der Waals surface area (Å²) in [5.74, 6) is -0.808. The number of rotatable bonds is 7. The van der Waals surface area contributed by atoms with E-state index in [-0.39, 0.29) is 12.0 Å². The molecular formula is C15H19NO3S2. The zero-order valence-corrected chi connectivity index (χ0v) is 14.0. The molecule has 0 saturated carbocycles. The summed E-state index contributed by atoms with van der Waals surface area (Å²) >= 11 is 3.07. The smallest absolute Gasteiger partial charge is 0.308 e. The predicted molar refractivity (Wildman–Crippen MR) is 86.0 cm³/mol. The largest absolute Gasteiger partial charge is 0.481 e. The molecule has 2 rings (SSSR count). The third-order valence-electron chi connectivity index (χ3n) is 3.33. The Kier molecular flexibility index (Phi) is 5.13. The maximum atomic E-state index is 10.7. The second-order valence-electron chi connectivity index (χ2n) is 4.89. The topological polar surface area (TPSA) is 59.4 Å². The summed E-state index contributed by atoms with van der Waals surface area (Å²) in [4.78, 5) is 17.3. The fourth-order valence-corrected chi connectivity index (χ4v) is 4.06. The van der Waals surface area contributed by atoms with Gasteiger partial charge in [0.15, 0.2) is 0 Å². The van der Waals surface area contributed by atoms with Crippen molar-refractivity contribution in [3.63, 3.8) is 0 Å². The van der Waals surface area contributed by atoms with Gasteiger partial charge in [0, 0.05) is 16.9 Å². The van der Waals surface area contributed by atoms with Crippen LogP contribution in [0.3, 0.4) is 0 Å². The highest BCUT2D eigenvalue weighted by atomic mass is 32.1. The SMILES string of the molecule is CCOC(C)(CC)c1nc(-c2ccc(CC(=O)O)s2)cs1. The van der Waals surface area contributed by atoms with Gasteiger partial charge in [0.05, 0.1) is 17.0 Å².